The second-order valence-electron chi connectivity index (χ2n) is 6.26. The van der Waals surface area contributed by atoms with Gasteiger partial charge in [-0.3, -0.25) is 9.59 Å². The lowest BCUT2D eigenvalue weighted by atomic mass is 10.1. The number of nitrogens with zero attached hydrogens (tertiary/aromatic N) is 1. The lowest BCUT2D eigenvalue weighted by Gasteiger charge is -2.29. The highest BCUT2D eigenvalue weighted by molar-refractivity contribution is 6.05. The predicted octanol–water partition coefficient (Wildman–Crippen LogP) is 3.86. The average Bonchev–Trinajstić information content (AvgIpc) is 2.71. The molecule has 0 radical (unpaired) electrons. The van der Waals surface area contributed by atoms with Crippen LogP contribution < -0.4 is 15.0 Å². The molecule has 1 N–H and O–H groups in total. The van der Waals surface area contributed by atoms with Crippen molar-refractivity contribution >= 4 is 23.2 Å². The maximum atomic E-state index is 12.3. The summed E-state index contributed by atoms with van der Waals surface area (Å²) in [4.78, 5) is 26.4. The lowest BCUT2D eigenvalue weighted by Crippen LogP contribution is -2.38. The summed E-state index contributed by atoms with van der Waals surface area (Å²) in [5.41, 5.74) is 2.95. The number of amides is 2. The van der Waals surface area contributed by atoms with Gasteiger partial charge in [0.05, 0.1) is 12.2 Å². The fraction of sp³-hybridized carbons (Fsp3) is 0.0909. The van der Waals surface area contributed by atoms with Gasteiger partial charge in [0, 0.05) is 17.3 Å². The van der Waals surface area contributed by atoms with Crippen LogP contribution in [-0.4, -0.2) is 18.4 Å². The standard InChI is InChI=1S/C22H18N2O3/c25-21-15-27-20-13-18(23-22(26)17-9-5-2-6-10-17)11-12-19(20)24(21)14-16-7-3-1-4-8-16/h1-13H,14-15H2,(H,23,26). The number of hydrogen-bond donors (Lipinski definition) is 1. The minimum absolute atomic E-state index is 0.0179. The number of nitrogens with one attached hydrogen (secondary N) is 1. The molecule has 1 aliphatic rings. The van der Waals surface area contributed by atoms with Crippen LogP contribution in [0.5, 0.6) is 5.75 Å². The summed E-state index contributed by atoms with van der Waals surface area (Å²) in [5, 5.41) is 2.86. The summed E-state index contributed by atoms with van der Waals surface area (Å²) in [6.45, 7) is 0.460. The molecule has 0 atom stereocenters. The predicted molar refractivity (Wildman–Crippen MR) is 104 cm³/mol. The molecule has 2 amide bonds. The Morgan fingerprint density at radius 3 is 2.41 bits per heavy atom. The number of fused-ring (bicyclic) bond motifs is 1. The summed E-state index contributed by atoms with van der Waals surface area (Å²) < 4.78 is 5.59. The van der Waals surface area contributed by atoms with E-state index in [9.17, 15) is 9.59 Å². The summed E-state index contributed by atoms with van der Waals surface area (Å²) in [6, 6.07) is 24.1. The van der Waals surface area contributed by atoms with E-state index < -0.39 is 0 Å². The van der Waals surface area contributed by atoms with Crippen LogP contribution in [-0.2, 0) is 11.3 Å². The van der Waals surface area contributed by atoms with Crippen LogP contribution in [0.25, 0.3) is 0 Å². The normalized spacial score (nSPS) is 12.9. The zero-order valence-electron chi connectivity index (χ0n) is 14.6. The monoisotopic (exact) mass is 358 g/mol. The van der Waals surface area contributed by atoms with Gasteiger partial charge in [0.15, 0.2) is 6.61 Å². The zero-order valence-corrected chi connectivity index (χ0v) is 14.6. The molecular formula is C22H18N2O3. The Morgan fingerprint density at radius 2 is 1.67 bits per heavy atom. The average molecular weight is 358 g/mol. The van der Waals surface area contributed by atoms with Crippen molar-refractivity contribution in [2.45, 2.75) is 6.54 Å². The van der Waals surface area contributed by atoms with Crippen molar-refractivity contribution in [2.75, 3.05) is 16.8 Å². The summed E-state index contributed by atoms with van der Waals surface area (Å²) in [6.07, 6.45) is 0. The van der Waals surface area contributed by atoms with E-state index in [4.69, 9.17) is 4.74 Å². The Morgan fingerprint density at radius 1 is 0.963 bits per heavy atom. The van der Waals surface area contributed by atoms with Gasteiger partial charge in [-0.2, -0.15) is 0 Å². The van der Waals surface area contributed by atoms with Gasteiger partial charge in [0.25, 0.3) is 11.8 Å². The quantitative estimate of drug-likeness (QED) is 0.770. The van der Waals surface area contributed by atoms with Gasteiger partial charge >= 0.3 is 0 Å². The molecule has 0 spiro atoms. The number of hydrogen-bond acceptors (Lipinski definition) is 3. The molecule has 1 aliphatic heterocycles. The van der Waals surface area contributed by atoms with Crippen molar-refractivity contribution in [3.05, 3.63) is 90.0 Å². The van der Waals surface area contributed by atoms with Crippen molar-refractivity contribution in [3.8, 4) is 5.75 Å². The molecule has 0 unspecified atom stereocenters. The van der Waals surface area contributed by atoms with E-state index in [0.29, 0.717) is 29.2 Å². The van der Waals surface area contributed by atoms with E-state index >= 15 is 0 Å². The third kappa shape index (κ3) is 3.67. The molecule has 1 heterocycles. The maximum Gasteiger partial charge on any atom is 0.265 e. The number of benzene rings is 3. The molecule has 134 valence electrons. The van der Waals surface area contributed by atoms with Crippen molar-refractivity contribution in [2.24, 2.45) is 0 Å². The first kappa shape index (κ1) is 16.8. The minimum Gasteiger partial charge on any atom is -0.481 e. The van der Waals surface area contributed by atoms with Crippen molar-refractivity contribution < 1.29 is 14.3 Å². The fourth-order valence-corrected chi connectivity index (χ4v) is 3.01. The topological polar surface area (TPSA) is 58.6 Å². The molecule has 5 nitrogen and oxygen atoms in total. The van der Waals surface area contributed by atoms with E-state index in [1.807, 2.05) is 48.5 Å². The molecule has 0 saturated carbocycles. The zero-order chi connectivity index (χ0) is 18.6. The van der Waals surface area contributed by atoms with Crippen molar-refractivity contribution in [3.63, 3.8) is 0 Å². The van der Waals surface area contributed by atoms with Crippen LogP contribution in [0.3, 0.4) is 0 Å². The van der Waals surface area contributed by atoms with Crippen LogP contribution >= 0.6 is 0 Å². The second-order valence-corrected chi connectivity index (χ2v) is 6.26. The minimum atomic E-state index is -0.191. The lowest BCUT2D eigenvalue weighted by molar-refractivity contribution is -0.121. The van der Waals surface area contributed by atoms with Crippen LogP contribution in [0.15, 0.2) is 78.9 Å². The van der Waals surface area contributed by atoms with Gasteiger partial charge in [-0.25, -0.2) is 0 Å². The Kier molecular flexibility index (Phi) is 4.58. The summed E-state index contributed by atoms with van der Waals surface area (Å²) >= 11 is 0. The number of ether oxygens (including phenoxy) is 1. The van der Waals surface area contributed by atoms with Gasteiger partial charge < -0.3 is 15.0 Å². The molecule has 0 saturated heterocycles. The van der Waals surface area contributed by atoms with E-state index in [0.717, 1.165) is 5.56 Å². The van der Waals surface area contributed by atoms with E-state index in [1.165, 1.54) is 0 Å². The van der Waals surface area contributed by atoms with E-state index in [2.05, 4.69) is 5.32 Å². The number of carbonyl (C=O) groups excluding carboxylic acids is 2. The Labute approximate surface area is 157 Å². The first-order valence-electron chi connectivity index (χ1n) is 8.68. The van der Waals surface area contributed by atoms with Crippen molar-refractivity contribution in [1.82, 2.24) is 0 Å². The van der Waals surface area contributed by atoms with Crippen LogP contribution in [0.2, 0.25) is 0 Å². The highest BCUT2D eigenvalue weighted by Crippen LogP contribution is 2.35. The molecule has 27 heavy (non-hydrogen) atoms. The van der Waals surface area contributed by atoms with Gasteiger partial charge in [-0.05, 0) is 29.8 Å². The summed E-state index contributed by atoms with van der Waals surface area (Å²) in [7, 11) is 0. The van der Waals surface area contributed by atoms with Crippen LogP contribution in [0.4, 0.5) is 11.4 Å². The fourth-order valence-electron chi connectivity index (χ4n) is 3.01. The highest BCUT2D eigenvalue weighted by Gasteiger charge is 2.26. The van der Waals surface area contributed by atoms with Gasteiger partial charge in [0.1, 0.15) is 5.75 Å². The molecule has 4 rings (SSSR count). The molecule has 0 aromatic heterocycles. The Hall–Kier alpha value is -3.60. The number of rotatable bonds is 4. The smallest absolute Gasteiger partial charge is 0.265 e. The third-order valence-corrected chi connectivity index (χ3v) is 4.38. The molecule has 0 fully saturated rings. The van der Waals surface area contributed by atoms with E-state index in [-0.39, 0.29) is 18.4 Å². The molecule has 3 aromatic rings. The number of anilines is 2. The van der Waals surface area contributed by atoms with Crippen LogP contribution in [0.1, 0.15) is 15.9 Å². The number of carbonyl (C=O) groups is 2. The molecular weight excluding hydrogens is 340 g/mol. The van der Waals surface area contributed by atoms with Gasteiger partial charge in [0.2, 0.25) is 0 Å². The first-order valence-corrected chi connectivity index (χ1v) is 8.68. The third-order valence-electron chi connectivity index (χ3n) is 4.38. The van der Waals surface area contributed by atoms with Crippen LogP contribution in [0, 0.1) is 0 Å². The Bertz CT molecular complexity index is 971. The van der Waals surface area contributed by atoms with E-state index in [1.54, 1.807) is 35.2 Å². The molecule has 0 bridgehead atoms. The summed E-state index contributed by atoms with van der Waals surface area (Å²) in [5.74, 6) is 0.299. The Balaban J connectivity index is 1.56. The second kappa shape index (κ2) is 7.33. The molecule has 5 heteroatoms. The molecule has 0 aliphatic carbocycles. The maximum absolute atomic E-state index is 12.3. The highest BCUT2D eigenvalue weighted by atomic mass is 16.5. The SMILES string of the molecule is O=C(Nc1ccc2c(c1)OCC(=O)N2Cc1ccccc1)c1ccccc1. The van der Waals surface area contributed by atoms with Gasteiger partial charge in [-0.15, -0.1) is 0 Å². The van der Waals surface area contributed by atoms with Gasteiger partial charge in [-0.1, -0.05) is 48.5 Å². The molecule has 3 aromatic carbocycles. The first-order chi connectivity index (χ1) is 13.2. The van der Waals surface area contributed by atoms with Crippen molar-refractivity contribution in [1.29, 1.82) is 0 Å². The largest absolute Gasteiger partial charge is 0.481 e.